The Labute approximate surface area is 153 Å². The molecule has 0 saturated carbocycles. The molecule has 0 N–H and O–H groups in total. The molecule has 0 unspecified atom stereocenters. The first-order valence-electron chi connectivity index (χ1n) is 0.463. The van der Waals surface area contributed by atoms with E-state index in [1.54, 1.807) is 0 Å². The van der Waals surface area contributed by atoms with Gasteiger partial charge in [-0.3, -0.25) is 0 Å². The van der Waals surface area contributed by atoms with Crippen molar-refractivity contribution in [1.82, 2.24) is 0 Å². The molecule has 0 aromatic carbocycles. The molecule has 7 heteroatoms. The van der Waals surface area contributed by atoms with Crippen molar-refractivity contribution in [2.75, 3.05) is 0 Å². The molecule has 0 atom stereocenters. The van der Waals surface area contributed by atoms with Gasteiger partial charge in [-0.1, -0.05) is 0 Å². The number of halogens is 2. The van der Waals surface area contributed by atoms with Gasteiger partial charge >= 0.3 is 103 Å². The fourth-order valence-corrected chi connectivity index (χ4v) is 0. The van der Waals surface area contributed by atoms with E-state index in [4.69, 9.17) is 10.3 Å². The molecule has 0 fully saturated rings. The van der Waals surface area contributed by atoms with Gasteiger partial charge in [0.05, 0.1) is 0 Å². The van der Waals surface area contributed by atoms with Crippen molar-refractivity contribution in [1.29, 1.82) is 0 Å². The molecule has 3 nitrogen and oxygen atoms in total. The monoisotopic (exact) mass is 380 g/mol. The first-order valence-corrected chi connectivity index (χ1v) is 3.11. The van der Waals surface area contributed by atoms with Crippen molar-refractivity contribution in [3.8, 4) is 0 Å². The van der Waals surface area contributed by atoms with E-state index in [1.165, 1.54) is 0 Å². The summed E-state index contributed by atoms with van der Waals surface area (Å²) in [6.45, 7) is 0. The second kappa shape index (κ2) is 16.9. The molecular weight excluding hydrogens is 380 g/mol. The van der Waals surface area contributed by atoms with Crippen LogP contribution in [-0.2, 0) is 0 Å². The molecule has 0 aliphatic carbocycles. The van der Waals surface area contributed by atoms with Crippen LogP contribution < -0.4 is 158 Å². The Kier molecular flexibility index (Phi) is 54.6. The van der Waals surface area contributed by atoms with E-state index in [9.17, 15) is 0 Å². The Balaban J connectivity index is -0.0000000150. The summed E-state index contributed by atoms with van der Waals surface area (Å²) in [6, 6.07) is 0. The summed E-state index contributed by atoms with van der Waals surface area (Å²) in [7, 11) is 0. The van der Waals surface area contributed by atoms with E-state index in [-0.39, 0.29) is 127 Å². The SMILES string of the molecule is [I-].[K+].[K+].[O-][I+2]([O-])[O-]. The van der Waals surface area contributed by atoms with Crippen molar-refractivity contribution < 1.29 is 158 Å². The summed E-state index contributed by atoms with van der Waals surface area (Å²) < 4.78 is 25.7. The maximum atomic E-state index is 8.57. The molecule has 0 aliphatic heterocycles. The minimum Gasteiger partial charge on any atom is -1.00 e. The number of hydrogen-bond acceptors (Lipinski definition) is 3. The molecule has 34 valence electrons. The van der Waals surface area contributed by atoms with Gasteiger partial charge < -0.3 is 34.3 Å². The van der Waals surface area contributed by atoms with Crippen LogP contribution in [0.1, 0.15) is 0 Å². The van der Waals surface area contributed by atoms with Crippen LogP contribution in [0.25, 0.3) is 0 Å². The van der Waals surface area contributed by atoms with E-state index in [2.05, 4.69) is 0 Å². The van der Waals surface area contributed by atoms with Crippen LogP contribution >= 0.6 is 0 Å². The normalized spacial score (nSPS) is 5.14. The van der Waals surface area contributed by atoms with Gasteiger partial charge in [0.2, 0.25) is 0 Å². The van der Waals surface area contributed by atoms with Crippen molar-refractivity contribution in [3.63, 3.8) is 0 Å². The molecule has 0 spiro atoms. The van der Waals surface area contributed by atoms with Crippen molar-refractivity contribution in [2.24, 2.45) is 0 Å². The molecule has 0 radical (unpaired) electrons. The molecular formula is I2K2O3. The average Bonchev–Trinajstić information content (AvgIpc) is 0.811. The smallest absolute Gasteiger partial charge is 1.00 e. The standard InChI is InChI=1S/IO3.HI.2K/c2-1(3)4;;;/h;1H;;/q-1;;2*+1/p-1. The third-order valence-corrected chi connectivity index (χ3v) is 0. The Hall–Kier alpha value is 4.61. The Morgan fingerprint density at radius 2 is 0.857 bits per heavy atom. The number of hydrogen-bond donors (Lipinski definition) is 0. The van der Waals surface area contributed by atoms with E-state index in [0.29, 0.717) is 0 Å². The van der Waals surface area contributed by atoms with Gasteiger partial charge in [-0.15, -0.1) is 0 Å². The fraction of sp³-hybridized carbons (Fsp3) is 0. The summed E-state index contributed by atoms with van der Waals surface area (Å²) in [6.07, 6.45) is 0. The summed E-state index contributed by atoms with van der Waals surface area (Å²) in [5.41, 5.74) is 0. The first-order chi connectivity index (χ1) is 1.73. The van der Waals surface area contributed by atoms with Crippen LogP contribution in [0.2, 0.25) is 0 Å². The average molecular weight is 380 g/mol. The predicted octanol–water partition coefficient (Wildman–Crippen LogP) is -15.6. The Morgan fingerprint density at radius 1 is 0.857 bits per heavy atom. The second-order valence-corrected chi connectivity index (χ2v) is 1.27. The largest absolute Gasteiger partial charge is 1.00 e. The number of rotatable bonds is 0. The first kappa shape index (κ1) is 22.6. The summed E-state index contributed by atoms with van der Waals surface area (Å²) in [5.74, 6) is 0. The minimum absolute atomic E-state index is 0. The zero-order valence-corrected chi connectivity index (χ0v) is 14.5. The fourth-order valence-electron chi connectivity index (χ4n) is 0. The molecule has 0 aliphatic rings. The zero-order valence-electron chi connectivity index (χ0n) is 3.98. The van der Waals surface area contributed by atoms with Crippen LogP contribution in [-0.4, -0.2) is 0 Å². The van der Waals surface area contributed by atoms with Gasteiger partial charge in [-0.05, 0) is 0 Å². The van der Waals surface area contributed by atoms with Gasteiger partial charge in [0.15, 0.2) is 0 Å². The predicted molar refractivity (Wildman–Crippen MR) is 0 cm³/mol. The van der Waals surface area contributed by atoms with Crippen LogP contribution in [0.5, 0.6) is 0 Å². The Bertz CT molecular complexity index is 15.7. The van der Waals surface area contributed by atoms with Crippen LogP contribution in [0.15, 0.2) is 0 Å². The van der Waals surface area contributed by atoms with Gasteiger partial charge in [0, 0.05) is 0 Å². The van der Waals surface area contributed by atoms with E-state index >= 15 is 0 Å². The topological polar surface area (TPSA) is 69.2 Å². The van der Waals surface area contributed by atoms with Gasteiger partial charge in [0.1, 0.15) is 0 Å². The molecule has 7 heavy (non-hydrogen) atoms. The van der Waals surface area contributed by atoms with Crippen molar-refractivity contribution >= 4 is 0 Å². The van der Waals surface area contributed by atoms with Gasteiger partial charge in [-0.25, -0.2) is 0 Å². The van der Waals surface area contributed by atoms with Crippen LogP contribution in [0.3, 0.4) is 0 Å². The summed E-state index contributed by atoms with van der Waals surface area (Å²) >= 11 is -4.01. The van der Waals surface area contributed by atoms with E-state index < -0.39 is 21.1 Å². The molecule has 0 aromatic heterocycles. The molecule has 0 aromatic rings. The van der Waals surface area contributed by atoms with Crippen LogP contribution in [0, 0.1) is 0 Å². The third kappa shape index (κ3) is 37.0. The summed E-state index contributed by atoms with van der Waals surface area (Å²) in [4.78, 5) is 0. The van der Waals surface area contributed by atoms with Crippen molar-refractivity contribution in [2.45, 2.75) is 0 Å². The van der Waals surface area contributed by atoms with Crippen molar-refractivity contribution in [3.05, 3.63) is 0 Å². The maximum absolute atomic E-state index is 8.57. The van der Waals surface area contributed by atoms with E-state index in [0.717, 1.165) is 0 Å². The minimum atomic E-state index is -4.01. The van der Waals surface area contributed by atoms with Gasteiger partial charge in [-0.2, -0.15) is 0 Å². The molecule has 0 amide bonds. The third-order valence-electron chi connectivity index (χ3n) is 0. The summed E-state index contributed by atoms with van der Waals surface area (Å²) in [5, 5.41) is 0. The molecule has 0 bridgehead atoms. The molecule has 0 saturated heterocycles. The van der Waals surface area contributed by atoms with Crippen LogP contribution in [0.4, 0.5) is 0 Å². The van der Waals surface area contributed by atoms with E-state index in [1.807, 2.05) is 0 Å². The quantitative estimate of drug-likeness (QED) is 0.310. The Morgan fingerprint density at radius 3 is 0.857 bits per heavy atom. The molecule has 0 heterocycles. The maximum Gasteiger partial charge on any atom is 1.00 e. The van der Waals surface area contributed by atoms with Gasteiger partial charge in [0.25, 0.3) is 21.1 Å². The second-order valence-electron chi connectivity index (χ2n) is 0.189. The molecule has 0 rings (SSSR count). The zero-order chi connectivity index (χ0) is 3.58.